The Labute approximate surface area is 164 Å². The molecule has 28 heavy (non-hydrogen) atoms. The van der Waals surface area contributed by atoms with Gasteiger partial charge in [-0.25, -0.2) is 9.78 Å². The Morgan fingerprint density at radius 3 is 2.57 bits per heavy atom. The number of carbonyl (C=O) groups excluding carboxylic acids is 1. The van der Waals surface area contributed by atoms with Gasteiger partial charge in [0, 0.05) is 12.6 Å². The first-order valence-electron chi connectivity index (χ1n) is 9.30. The van der Waals surface area contributed by atoms with E-state index in [1.807, 2.05) is 24.3 Å². The van der Waals surface area contributed by atoms with Crippen LogP contribution in [-0.4, -0.2) is 35.6 Å². The van der Waals surface area contributed by atoms with Gasteiger partial charge in [-0.2, -0.15) is 0 Å². The smallest absolute Gasteiger partial charge is 0.344 e. The second kappa shape index (κ2) is 11.5. The minimum Gasteiger partial charge on any atom is -0.482 e. The molecular formula is C20H25N3O5. The number of unbranched alkanes of at least 4 members (excludes halogenated alkanes) is 2. The molecule has 1 N–H and O–H groups in total. The Morgan fingerprint density at radius 1 is 1.14 bits per heavy atom. The standard InChI is InChI=1S/C20H25N3O5/c1-2-16-6-9-18(10-7-16)28-15-20(24)27-13-5-3-4-12-21-19-11-8-17(14-22-19)23(25)26/h6-11,14H,2-5,12-13,15H2,1H3,(H,21,22). The van der Waals surface area contributed by atoms with E-state index in [0.29, 0.717) is 24.7 Å². The molecule has 0 radical (unpaired) electrons. The molecule has 0 spiro atoms. The number of aryl methyl sites for hydroxylation is 1. The molecule has 0 aliphatic rings. The minimum absolute atomic E-state index is 0.0330. The van der Waals surface area contributed by atoms with Crippen molar-refractivity contribution in [1.82, 2.24) is 4.98 Å². The van der Waals surface area contributed by atoms with Crippen molar-refractivity contribution in [2.45, 2.75) is 32.6 Å². The quantitative estimate of drug-likeness (QED) is 0.256. The van der Waals surface area contributed by atoms with Gasteiger partial charge in [-0.1, -0.05) is 19.1 Å². The molecule has 1 aromatic carbocycles. The van der Waals surface area contributed by atoms with Crippen LogP contribution < -0.4 is 10.1 Å². The Bertz CT molecular complexity index is 747. The van der Waals surface area contributed by atoms with Gasteiger partial charge < -0.3 is 14.8 Å². The fourth-order valence-corrected chi connectivity index (χ4v) is 2.41. The van der Waals surface area contributed by atoms with E-state index < -0.39 is 4.92 Å². The van der Waals surface area contributed by atoms with Gasteiger partial charge in [0.15, 0.2) is 6.61 Å². The topological polar surface area (TPSA) is 104 Å². The Hall–Kier alpha value is -3.16. The predicted molar refractivity (Wildman–Crippen MR) is 106 cm³/mol. The predicted octanol–water partition coefficient (Wildman–Crippen LogP) is 3.76. The lowest BCUT2D eigenvalue weighted by atomic mass is 10.2. The van der Waals surface area contributed by atoms with Crippen molar-refractivity contribution in [2.24, 2.45) is 0 Å². The maximum Gasteiger partial charge on any atom is 0.344 e. The van der Waals surface area contributed by atoms with Crippen LogP contribution in [0.2, 0.25) is 0 Å². The van der Waals surface area contributed by atoms with Gasteiger partial charge >= 0.3 is 5.97 Å². The molecule has 0 unspecified atom stereocenters. The van der Waals surface area contributed by atoms with Crippen LogP contribution in [0.5, 0.6) is 5.75 Å². The number of nitrogens with one attached hydrogen (secondary N) is 1. The van der Waals surface area contributed by atoms with Crippen molar-refractivity contribution in [3.63, 3.8) is 0 Å². The van der Waals surface area contributed by atoms with E-state index in [4.69, 9.17) is 9.47 Å². The third-order valence-electron chi connectivity index (χ3n) is 4.04. The van der Waals surface area contributed by atoms with Crippen molar-refractivity contribution in [3.05, 3.63) is 58.3 Å². The SMILES string of the molecule is CCc1ccc(OCC(=O)OCCCCCNc2ccc([N+](=O)[O-])cn2)cc1. The van der Waals surface area contributed by atoms with Gasteiger partial charge in [0.05, 0.1) is 11.5 Å². The van der Waals surface area contributed by atoms with E-state index >= 15 is 0 Å². The Kier molecular flexibility index (Phi) is 8.71. The first kappa shape index (κ1) is 21.1. The average Bonchev–Trinajstić information content (AvgIpc) is 2.72. The van der Waals surface area contributed by atoms with Crippen molar-refractivity contribution in [2.75, 3.05) is 25.1 Å². The van der Waals surface area contributed by atoms with Gasteiger partial charge in [0.2, 0.25) is 0 Å². The van der Waals surface area contributed by atoms with E-state index in [1.54, 1.807) is 6.07 Å². The van der Waals surface area contributed by atoms with E-state index in [-0.39, 0.29) is 18.3 Å². The summed E-state index contributed by atoms with van der Waals surface area (Å²) in [6, 6.07) is 10.6. The molecule has 2 aromatic rings. The highest BCUT2D eigenvalue weighted by Gasteiger charge is 2.05. The molecule has 8 nitrogen and oxygen atoms in total. The lowest BCUT2D eigenvalue weighted by molar-refractivity contribution is -0.385. The molecular weight excluding hydrogens is 362 g/mol. The lowest BCUT2D eigenvalue weighted by Gasteiger charge is -2.08. The van der Waals surface area contributed by atoms with Crippen LogP contribution in [-0.2, 0) is 16.0 Å². The monoisotopic (exact) mass is 387 g/mol. The molecule has 2 rings (SSSR count). The largest absolute Gasteiger partial charge is 0.482 e. The number of nitro groups is 1. The average molecular weight is 387 g/mol. The highest BCUT2D eigenvalue weighted by Crippen LogP contribution is 2.13. The van der Waals surface area contributed by atoms with Crippen LogP contribution in [0.1, 0.15) is 31.7 Å². The number of nitrogens with zero attached hydrogens (tertiary/aromatic N) is 2. The minimum atomic E-state index is -0.481. The number of aromatic nitrogens is 1. The third-order valence-corrected chi connectivity index (χ3v) is 4.04. The van der Waals surface area contributed by atoms with E-state index in [9.17, 15) is 14.9 Å². The summed E-state index contributed by atoms with van der Waals surface area (Å²) < 4.78 is 10.5. The number of hydrogen-bond acceptors (Lipinski definition) is 7. The highest BCUT2D eigenvalue weighted by atomic mass is 16.6. The highest BCUT2D eigenvalue weighted by molar-refractivity contribution is 5.71. The van der Waals surface area contributed by atoms with Gasteiger partial charge in [-0.3, -0.25) is 10.1 Å². The summed E-state index contributed by atoms with van der Waals surface area (Å²) in [6.07, 6.45) is 4.69. The summed E-state index contributed by atoms with van der Waals surface area (Å²) in [4.78, 5) is 25.7. The van der Waals surface area contributed by atoms with Crippen LogP contribution in [0.3, 0.4) is 0 Å². The fraction of sp³-hybridized carbons (Fsp3) is 0.400. The lowest BCUT2D eigenvalue weighted by Crippen LogP contribution is -2.15. The summed E-state index contributed by atoms with van der Waals surface area (Å²) in [5.74, 6) is 0.869. The first-order chi connectivity index (χ1) is 13.6. The summed E-state index contributed by atoms with van der Waals surface area (Å²) >= 11 is 0. The number of ether oxygens (including phenoxy) is 2. The normalized spacial score (nSPS) is 10.3. The molecule has 0 aliphatic heterocycles. The number of benzene rings is 1. The maximum atomic E-state index is 11.7. The second-order valence-electron chi connectivity index (χ2n) is 6.15. The molecule has 1 heterocycles. The number of carbonyl (C=O) groups is 1. The second-order valence-corrected chi connectivity index (χ2v) is 6.15. The Balaban J connectivity index is 1.50. The summed E-state index contributed by atoms with van der Waals surface area (Å²) in [5, 5.41) is 13.7. The fourth-order valence-electron chi connectivity index (χ4n) is 2.41. The van der Waals surface area contributed by atoms with Crippen molar-refractivity contribution < 1.29 is 19.2 Å². The van der Waals surface area contributed by atoms with Crippen molar-refractivity contribution in [1.29, 1.82) is 0 Å². The number of anilines is 1. The van der Waals surface area contributed by atoms with E-state index in [0.717, 1.165) is 25.7 Å². The molecule has 0 saturated heterocycles. The Morgan fingerprint density at radius 2 is 1.93 bits per heavy atom. The van der Waals surface area contributed by atoms with Crippen LogP contribution >= 0.6 is 0 Å². The van der Waals surface area contributed by atoms with Gasteiger partial charge in [0.1, 0.15) is 17.8 Å². The van der Waals surface area contributed by atoms with Crippen LogP contribution in [0.15, 0.2) is 42.6 Å². The number of hydrogen-bond donors (Lipinski definition) is 1. The van der Waals surface area contributed by atoms with Crippen LogP contribution in [0.25, 0.3) is 0 Å². The van der Waals surface area contributed by atoms with Gasteiger partial charge in [-0.15, -0.1) is 0 Å². The number of esters is 1. The molecule has 1 aromatic heterocycles. The molecule has 0 bridgehead atoms. The zero-order valence-corrected chi connectivity index (χ0v) is 15.9. The van der Waals surface area contributed by atoms with E-state index in [2.05, 4.69) is 17.2 Å². The number of pyridine rings is 1. The maximum absolute atomic E-state index is 11.7. The van der Waals surface area contributed by atoms with Gasteiger partial charge in [0.25, 0.3) is 5.69 Å². The molecule has 8 heteroatoms. The molecule has 0 atom stereocenters. The molecule has 0 fully saturated rings. The molecule has 0 aliphatic carbocycles. The molecule has 150 valence electrons. The molecule has 0 amide bonds. The number of rotatable bonds is 12. The summed E-state index contributed by atoms with van der Waals surface area (Å²) in [5.41, 5.74) is 1.18. The zero-order chi connectivity index (χ0) is 20.2. The van der Waals surface area contributed by atoms with Crippen LogP contribution in [0, 0.1) is 10.1 Å². The summed E-state index contributed by atoms with van der Waals surface area (Å²) in [7, 11) is 0. The van der Waals surface area contributed by atoms with E-state index in [1.165, 1.54) is 17.8 Å². The van der Waals surface area contributed by atoms with Gasteiger partial charge in [-0.05, 0) is 49.4 Å². The first-order valence-corrected chi connectivity index (χ1v) is 9.30. The van der Waals surface area contributed by atoms with Crippen molar-refractivity contribution in [3.8, 4) is 5.75 Å². The summed E-state index contributed by atoms with van der Waals surface area (Å²) in [6.45, 7) is 3.02. The molecule has 0 saturated carbocycles. The van der Waals surface area contributed by atoms with Crippen molar-refractivity contribution >= 4 is 17.5 Å². The zero-order valence-electron chi connectivity index (χ0n) is 15.9. The third kappa shape index (κ3) is 7.61. The van der Waals surface area contributed by atoms with Crippen LogP contribution in [0.4, 0.5) is 11.5 Å².